The molecule has 1 aliphatic rings. The van der Waals surface area contributed by atoms with Gasteiger partial charge in [0.15, 0.2) is 10.7 Å². The number of aromatic nitrogens is 6. The minimum atomic E-state index is -4.78. The molecule has 1 saturated carbocycles. The van der Waals surface area contributed by atoms with Gasteiger partial charge in [0.25, 0.3) is 21.1 Å². The average Bonchev–Trinajstić information content (AvgIpc) is 4.03. The molecule has 16 nitrogen and oxygen atoms in total. The second kappa shape index (κ2) is 19.7. The van der Waals surface area contributed by atoms with Crippen molar-refractivity contribution in [3.8, 4) is 27.5 Å². The molecule has 0 aliphatic heterocycles. The number of nitrogens with two attached hydrogens (primary N) is 1. The number of nitrogens with one attached hydrogen (secondary N) is 3. The number of fused-ring (bicyclic) bond motifs is 1. The van der Waals surface area contributed by atoms with Crippen LogP contribution in [0, 0.1) is 33.8 Å². The zero-order valence-corrected chi connectivity index (χ0v) is 42.9. The summed E-state index contributed by atoms with van der Waals surface area (Å²) in [5.74, 6) is -4.30. The summed E-state index contributed by atoms with van der Waals surface area (Å²) in [5.41, 5.74) is 5.10. The highest BCUT2D eigenvalue weighted by Gasteiger charge is 2.33. The number of carbonyl (C=O) groups is 1. The predicted octanol–water partition coefficient (Wildman–Crippen LogP) is 9.31. The monoisotopic (exact) mass is 1130 g/mol. The normalized spacial score (nSPS) is 12.6. The SMILES string of the molecule is CC(=O)Nc1cccc(-n2c(=O)n(C3CC3)c(=O)c3c(Nc4ccc(I)cc4F)n(C)c(=O)c(C)c32)c1.CC(C)(C)c1nc(-c2cccc(NS(=O)(=O)c3c(F)cccc3F)c2F)c(-c2ccnc(N)n2)s1. The lowest BCUT2D eigenvalue weighted by molar-refractivity contribution is -0.114. The fourth-order valence-electron chi connectivity index (χ4n) is 7.73. The maximum atomic E-state index is 15.7. The maximum absolute atomic E-state index is 15.7. The van der Waals surface area contributed by atoms with E-state index < -0.39 is 60.7 Å². The Labute approximate surface area is 425 Å². The van der Waals surface area contributed by atoms with Gasteiger partial charge >= 0.3 is 5.69 Å². The Morgan fingerprint density at radius 2 is 1.56 bits per heavy atom. The molecule has 0 bridgehead atoms. The molecule has 0 unspecified atom stereocenters. The molecule has 4 aromatic carbocycles. The largest absolute Gasteiger partial charge is 0.368 e. The van der Waals surface area contributed by atoms with Gasteiger partial charge in [-0.05, 0) is 109 Å². The molecule has 1 aliphatic carbocycles. The van der Waals surface area contributed by atoms with Crippen molar-refractivity contribution in [1.29, 1.82) is 0 Å². The number of hydrogen-bond donors (Lipinski definition) is 4. The van der Waals surface area contributed by atoms with E-state index in [9.17, 15) is 40.8 Å². The number of anilines is 5. The number of nitrogens with zero attached hydrogens (tertiary/aromatic N) is 6. The highest BCUT2D eigenvalue weighted by molar-refractivity contribution is 14.1. The molecule has 9 rings (SSSR count). The molecular weight excluding hydrogens is 1090 g/mol. The lowest BCUT2D eigenvalue weighted by Gasteiger charge is -2.21. The van der Waals surface area contributed by atoms with Crippen molar-refractivity contribution in [3.63, 3.8) is 0 Å². The van der Waals surface area contributed by atoms with Crippen molar-refractivity contribution in [1.82, 2.24) is 28.7 Å². The Hall–Kier alpha value is -7.25. The van der Waals surface area contributed by atoms with E-state index in [1.807, 2.05) is 48.1 Å². The molecule has 0 atom stereocenters. The number of hydrogen-bond acceptors (Lipinski definition) is 12. The Balaban J connectivity index is 0.000000193. The number of pyridine rings is 1. The Morgan fingerprint density at radius 1 is 0.875 bits per heavy atom. The van der Waals surface area contributed by atoms with Crippen LogP contribution in [0.15, 0.2) is 110 Å². The molecule has 1 amide bonds. The van der Waals surface area contributed by atoms with E-state index in [2.05, 4.69) is 25.6 Å². The quantitative estimate of drug-likeness (QED) is 0.0747. The van der Waals surface area contributed by atoms with Gasteiger partial charge in [-0.15, -0.1) is 11.3 Å². The van der Waals surface area contributed by atoms with E-state index in [-0.39, 0.29) is 62.5 Å². The first-order valence-corrected chi connectivity index (χ1v) is 25.2. The first kappa shape index (κ1) is 51.1. The molecule has 372 valence electrons. The molecule has 4 heterocycles. The minimum Gasteiger partial charge on any atom is -0.368 e. The van der Waals surface area contributed by atoms with Gasteiger partial charge in [-0.2, -0.15) is 0 Å². The van der Waals surface area contributed by atoms with E-state index in [0.717, 1.165) is 24.3 Å². The van der Waals surface area contributed by atoms with Crippen LogP contribution in [-0.2, 0) is 27.3 Å². The number of thiazole rings is 1. The number of rotatable bonds is 10. The maximum Gasteiger partial charge on any atom is 0.336 e. The van der Waals surface area contributed by atoms with Gasteiger partial charge in [-0.3, -0.25) is 32.8 Å². The van der Waals surface area contributed by atoms with Crippen LogP contribution in [0.5, 0.6) is 0 Å². The van der Waals surface area contributed by atoms with Crippen molar-refractivity contribution in [3.05, 3.63) is 160 Å². The lowest BCUT2D eigenvalue weighted by Crippen LogP contribution is -2.41. The molecule has 8 aromatic rings. The molecule has 0 saturated heterocycles. The summed E-state index contributed by atoms with van der Waals surface area (Å²) in [4.78, 5) is 64.6. The number of benzene rings is 4. The summed E-state index contributed by atoms with van der Waals surface area (Å²) >= 11 is 3.28. The van der Waals surface area contributed by atoms with Crippen LogP contribution in [-0.4, -0.2) is 43.0 Å². The van der Waals surface area contributed by atoms with E-state index in [0.29, 0.717) is 43.4 Å². The first-order valence-electron chi connectivity index (χ1n) is 21.8. The predicted molar refractivity (Wildman–Crippen MR) is 278 cm³/mol. The zero-order valence-electron chi connectivity index (χ0n) is 39.1. The third kappa shape index (κ3) is 10.1. The van der Waals surface area contributed by atoms with Crippen LogP contribution >= 0.6 is 33.9 Å². The summed E-state index contributed by atoms with van der Waals surface area (Å²) in [6.45, 7) is 8.75. The fraction of sp³-hybridized carbons (Fsp3) is 0.204. The molecule has 1 fully saturated rings. The molecule has 4 aromatic heterocycles. The van der Waals surface area contributed by atoms with Crippen molar-refractivity contribution >= 4 is 89.6 Å². The second-order valence-electron chi connectivity index (χ2n) is 17.6. The molecule has 23 heteroatoms. The summed E-state index contributed by atoms with van der Waals surface area (Å²) < 4.78 is 90.5. The van der Waals surface area contributed by atoms with Gasteiger partial charge < -0.3 is 16.4 Å². The van der Waals surface area contributed by atoms with Gasteiger partial charge in [-0.1, -0.05) is 39.0 Å². The van der Waals surface area contributed by atoms with Crippen LogP contribution in [0.1, 0.15) is 57.1 Å². The number of nitrogen functional groups attached to an aromatic ring is 1. The van der Waals surface area contributed by atoms with Gasteiger partial charge in [0.05, 0.1) is 43.9 Å². The summed E-state index contributed by atoms with van der Waals surface area (Å²) in [5, 5.41) is 6.40. The number of aryl methyl sites for hydroxylation is 1. The highest BCUT2D eigenvalue weighted by Crippen LogP contribution is 2.42. The van der Waals surface area contributed by atoms with Crippen LogP contribution in [0.3, 0.4) is 0 Å². The number of amides is 1. The van der Waals surface area contributed by atoms with E-state index in [4.69, 9.17) is 5.73 Å². The zero-order chi connectivity index (χ0) is 52.1. The van der Waals surface area contributed by atoms with E-state index in [1.54, 1.807) is 43.3 Å². The van der Waals surface area contributed by atoms with Gasteiger partial charge in [0.2, 0.25) is 11.9 Å². The minimum absolute atomic E-state index is 0.0213. The average molecular weight is 1130 g/mol. The van der Waals surface area contributed by atoms with Crippen molar-refractivity contribution in [2.24, 2.45) is 7.05 Å². The Kier molecular flexibility index (Phi) is 14.0. The first-order chi connectivity index (χ1) is 34.0. The van der Waals surface area contributed by atoms with Gasteiger partial charge in [-0.25, -0.2) is 45.7 Å². The van der Waals surface area contributed by atoms with Crippen molar-refractivity contribution < 1.29 is 30.8 Å². The molecule has 0 spiro atoms. The van der Waals surface area contributed by atoms with Crippen LogP contribution in [0.2, 0.25) is 0 Å². The number of sulfonamides is 1. The lowest BCUT2D eigenvalue weighted by atomic mass is 9.98. The second-order valence-corrected chi connectivity index (χ2v) is 21.5. The fourth-order valence-corrected chi connectivity index (χ4v) is 10.5. The van der Waals surface area contributed by atoms with Crippen LogP contribution < -0.4 is 37.9 Å². The van der Waals surface area contributed by atoms with Crippen molar-refractivity contribution in [2.45, 2.75) is 63.8 Å². The third-order valence-electron chi connectivity index (χ3n) is 11.2. The molecule has 72 heavy (non-hydrogen) atoms. The van der Waals surface area contributed by atoms with Crippen LogP contribution in [0.25, 0.3) is 38.4 Å². The smallest absolute Gasteiger partial charge is 0.336 e. The topological polar surface area (TPSA) is 218 Å². The third-order valence-corrected chi connectivity index (χ3v) is 14.8. The summed E-state index contributed by atoms with van der Waals surface area (Å²) in [6.07, 6.45) is 2.81. The Morgan fingerprint density at radius 3 is 2.19 bits per heavy atom. The standard InChI is InChI=1S/C26H23FIN5O4.C23H20F3N5O2S2/c1-13-22-21(23(31(3)24(13)35)30-20-10-7-15(28)11-19(20)27)25(36)33(17-8-9-17)26(37)32(22)18-6-4-5-16(12-18)29-14(2)34;1-23(2,3)21-30-18(19(34-21)16-10-11-28-22(27)29-16)12-6-4-9-15(17(12)26)31-35(32,33)20-13(24)7-5-8-14(20)25/h4-7,10-12,17,30H,8-9H2,1-3H3,(H,29,34);4-11,31H,1-3H3,(H2,27,28,29). The molecule has 5 N–H and O–H groups in total. The highest BCUT2D eigenvalue weighted by atomic mass is 127. The van der Waals surface area contributed by atoms with E-state index in [1.165, 1.54) is 69.5 Å². The molecule has 0 radical (unpaired) electrons. The van der Waals surface area contributed by atoms with Gasteiger partial charge in [0.1, 0.15) is 28.7 Å². The van der Waals surface area contributed by atoms with E-state index >= 15 is 4.39 Å². The number of halogens is 5. The van der Waals surface area contributed by atoms with Crippen molar-refractivity contribution in [2.75, 3.05) is 21.1 Å². The van der Waals surface area contributed by atoms with Gasteiger partial charge in [0, 0.05) is 52.0 Å². The Bertz CT molecular complexity index is 3790. The number of carbonyl (C=O) groups excluding carboxylic acids is 1. The molecular formula is C49H43F4IN10O6S2. The summed E-state index contributed by atoms with van der Waals surface area (Å²) in [7, 11) is -3.28. The summed E-state index contributed by atoms with van der Waals surface area (Å²) in [6, 6.07) is 19.1. The van der Waals surface area contributed by atoms with Crippen LogP contribution in [0.4, 0.5) is 46.4 Å².